The minimum Gasteiger partial charge on any atom is -0.416 e. The minimum absolute atomic E-state index is 0.00844. The van der Waals surface area contributed by atoms with Crippen molar-refractivity contribution in [3.8, 4) is 45.2 Å². The van der Waals surface area contributed by atoms with E-state index in [0.717, 1.165) is 11.1 Å². The van der Waals surface area contributed by atoms with Crippen LogP contribution in [0.5, 0.6) is 0 Å². The Morgan fingerprint density at radius 1 is 0.420 bits per heavy atom. The predicted molar refractivity (Wildman–Crippen MR) is 293 cm³/mol. The molecule has 1 heterocycles. The summed E-state index contributed by atoms with van der Waals surface area (Å²) in [7, 11) is 0. The third-order valence-electron chi connectivity index (χ3n) is 16.8. The van der Waals surface area contributed by atoms with E-state index in [1.807, 2.05) is 30.3 Å². The largest absolute Gasteiger partial charge is 0.416 e. The van der Waals surface area contributed by atoms with Gasteiger partial charge in [-0.25, -0.2) is 0 Å². The second kappa shape index (κ2) is 22.6. The maximum atomic E-state index is 6.59. The fraction of sp³-hybridized carbons (Fsp3) is 0.455. The smallest absolute Gasteiger partial charge is 0.248 e. The van der Waals surface area contributed by atoms with Crippen molar-refractivity contribution in [3.63, 3.8) is 0 Å². The van der Waals surface area contributed by atoms with Crippen molar-refractivity contribution >= 4 is 11.1 Å². The number of hydrogen-bond donors (Lipinski definition) is 0. The Bertz CT molecular complexity index is 2680. The van der Waals surface area contributed by atoms with Gasteiger partial charge in [-0.1, -0.05) is 241 Å². The highest BCUT2D eigenvalue weighted by atomic mass is 16.4. The monoisotopic (exact) mass is 917 g/mol. The van der Waals surface area contributed by atoms with Crippen molar-refractivity contribution in [2.45, 2.75) is 180 Å². The van der Waals surface area contributed by atoms with Crippen molar-refractivity contribution in [1.82, 2.24) is 10.2 Å². The van der Waals surface area contributed by atoms with Gasteiger partial charge in [0.25, 0.3) is 0 Å². The lowest BCUT2D eigenvalue weighted by molar-refractivity contribution is 0.293. The second-order valence-corrected chi connectivity index (χ2v) is 21.5. The van der Waals surface area contributed by atoms with Crippen LogP contribution in [0.1, 0.15) is 197 Å². The maximum absolute atomic E-state index is 6.59. The van der Waals surface area contributed by atoms with Gasteiger partial charge in [0.2, 0.25) is 11.8 Å². The number of nitrogens with zero attached hydrogens (tertiary/aromatic N) is 2. The minimum atomic E-state index is 0.00844. The van der Waals surface area contributed by atoms with Crippen molar-refractivity contribution < 1.29 is 4.42 Å². The lowest BCUT2D eigenvalue weighted by Gasteiger charge is -2.40. The van der Waals surface area contributed by atoms with Crippen LogP contribution in [0.4, 0.5) is 0 Å². The number of allylic oxidation sites excluding steroid dienone is 4. The third kappa shape index (κ3) is 10.2. The lowest BCUT2D eigenvalue weighted by atomic mass is 9.63. The molecule has 1 aromatic heterocycles. The van der Waals surface area contributed by atoms with Crippen LogP contribution in [-0.2, 0) is 10.8 Å². The zero-order valence-electron chi connectivity index (χ0n) is 42.9. The van der Waals surface area contributed by atoms with Gasteiger partial charge in [-0.15, -0.1) is 10.2 Å². The number of unbranched alkanes of at least 4 members (excludes halogenated alkanes) is 15. The van der Waals surface area contributed by atoms with Crippen LogP contribution in [0.3, 0.4) is 0 Å². The summed E-state index contributed by atoms with van der Waals surface area (Å²) >= 11 is 0. The Morgan fingerprint density at radius 3 is 1.59 bits per heavy atom. The first-order valence-electron chi connectivity index (χ1n) is 27.7. The van der Waals surface area contributed by atoms with E-state index in [0.29, 0.717) is 23.6 Å². The van der Waals surface area contributed by atoms with E-state index in [9.17, 15) is 0 Å². The topological polar surface area (TPSA) is 38.9 Å². The van der Waals surface area contributed by atoms with Crippen molar-refractivity contribution in [1.29, 1.82) is 0 Å². The number of hydrogen-bond acceptors (Lipinski definition) is 3. The van der Waals surface area contributed by atoms with E-state index < -0.39 is 0 Å². The van der Waals surface area contributed by atoms with E-state index >= 15 is 0 Å². The van der Waals surface area contributed by atoms with Crippen molar-refractivity contribution in [2.24, 2.45) is 11.8 Å². The Hall–Kier alpha value is -5.28. The van der Waals surface area contributed by atoms with Gasteiger partial charge in [-0.3, -0.25) is 0 Å². The second-order valence-electron chi connectivity index (χ2n) is 21.5. The molecule has 3 heteroatoms. The normalized spacial score (nSPS) is 18.6. The zero-order chi connectivity index (χ0) is 47.6. The van der Waals surface area contributed by atoms with Crippen LogP contribution in [0, 0.1) is 11.8 Å². The molecule has 6 aromatic rings. The number of aromatic nitrogens is 2. The molecule has 0 saturated carbocycles. The van der Waals surface area contributed by atoms with Crippen molar-refractivity contribution in [3.05, 3.63) is 155 Å². The molecule has 0 saturated heterocycles. The molecule has 360 valence electrons. The Morgan fingerprint density at radius 2 is 0.928 bits per heavy atom. The van der Waals surface area contributed by atoms with Gasteiger partial charge < -0.3 is 4.42 Å². The third-order valence-corrected chi connectivity index (χ3v) is 16.8. The van der Waals surface area contributed by atoms with E-state index in [1.165, 1.54) is 190 Å². The molecule has 0 spiro atoms. The van der Waals surface area contributed by atoms with Gasteiger partial charge >= 0.3 is 0 Å². The maximum Gasteiger partial charge on any atom is 0.248 e. The summed E-state index contributed by atoms with van der Waals surface area (Å²) < 4.78 is 6.59. The summed E-state index contributed by atoms with van der Waals surface area (Å²) in [6.45, 7) is 12.0. The molecule has 0 aliphatic heterocycles. The highest BCUT2D eigenvalue weighted by Crippen LogP contribution is 2.60. The van der Waals surface area contributed by atoms with Crippen molar-refractivity contribution in [2.75, 3.05) is 0 Å². The van der Waals surface area contributed by atoms with Gasteiger partial charge in [0.1, 0.15) is 0 Å². The zero-order valence-corrected chi connectivity index (χ0v) is 42.9. The van der Waals surface area contributed by atoms with Crippen LogP contribution in [0.2, 0.25) is 0 Å². The fourth-order valence-corrected chi connectivity index (χ4v) is 13.2. The Labute approximate surface area is 416 Å². The molecule has 69 heavy (non-hydrogen) atoms. The SMILES string of the molecule is CCCCCCCCC1(CCCCCCCC)c2ccccc2-c2ccc(-c3cc(C4=CC=C5c6ccccc6C(C)(CCCCCCCC)C5C4C)cc(-c4nnc(-c5ccccc5)o4)c3)cc21. The molecule has 0 amide bonds. The quantitative estimate of drug-likeness (QED) is 0.0537. The van der Waals surface area contributed by atoms with Crippen LogP contribution in [-0.4, -0.2) is 10.2 Å². The molecule has 3 aliphatic carbocycles. The molecule has 9 rings (SSSR count). The number of rotatable bonds is 25. The molecular weight excluding hydrogens is 837 g/mol. The van der Waals surface area contributed by atoms with Gasteiger partial charge in [-0.05, 0) is 123 Å². The summed E-state index contributed by atoms with van der Waals surface area (Å²) in [5.41, 5.74) is 17.6. The standard InChI is InChI=1S/C66H80N2O/c1-6-9-12-15-18-28-41-65(5)59-35-26-24-34-56(59)58-40-39-54(48(4)62(58)65)52-44-51(45-53(46-52)64-68-67-63(69-64)49-31-22-21-23-32-49)50-37-38-57-55-33-25-27-36-60(55)66(61(57)47-50,42-29-19-16-13-10-7-2)43-30-20-17-14-11-8-3/h21-27,31-40,44-48,62H,6-20,28-30,41-43H2,1-5H3. The summed E-state index contributed by atoms with van der Waals surface area (Å²) in [5, 5.41) is 9.36. The Balaban J connectivity index is 1.12. The van der Waals surface area contributed by atoms with E-state index in [-0.39, 0.29) is 10.8 Å². The number of benzene rings is 5. The molecular formula is C66H80N2O. The van der Waals surface area contributed by atoms with Crippen LogP contribution >= 0.6 is 0 Å². The van der Waals surface area contributed by atoms with E-state index in [4.69, 9.17) is 9.52 Å². The summed E-state index contributed by atoms with van der Waals surface area (Å²) in [4.78, 5) is 0. The summed E-state index contributed by atoms with van der Waals surface area (Å²) in [5.74, 6) is 1.82. The first-order chi connectivity index (χ1) is 33.9. The highest BCUT2D eigenvalue weighted by molar-refractivity contribution is 5.89. The fourth-order valence-electron chi connectivity index (χ4n) is 13.2. The molecule has 0 N–H and O–H groups in total. The average molecular weight is 917 g/mol. The van der Waals surface area contributed by atoms with E-state index in [2.05, 4.69) is 137 Å². The lowest BCUT2D eigenvalue weighted by Crippen LogP contribution is -2.33. The van der Waals surface area contributed by atoms with Gasteiger partial charge in [0, 0.05) is 27.9 Å². The molecule has 3 unspecified atom stereocenters. The first-order valence-corrected chi connectivity index (χ1v) is 27.7. The van der Waals surface area contributed by atoms with Crippen LogP contribution < -0.4 is 0 Å². The van der Waals surface area contributed by atoms with Gasteiger partial charge in [-0.2, -0.15) is 0 Å². The molecule has 3 nitrogen and oxygen atoms in total. The van der Waals surface area contributed by atoms with Crippen LogP contribution in [0.25, 0.3) is 56.3 Å². The molecule has 3 atom stereocenters. The first kappa shape index (κ1) is 48.7. The molecule has 3 aliphatic rings. The summed E-state index contributed by atoms with van der Waals surface area (Å²) in [6, 6.07) is 43.6. The predicted octanol–water partition coefficient (Wildman–Crippen LogP) is 19.6. The van der Waals surface area contributed by atoms with E-state index in [1.54, 1.807) is 5.56 Å². The highest BCUT2D eigenvalue weighted by Gasteiger charge is 2.49. The van der Waals surface area contributed by atoms with Gasteiger partial charge in [0.05, 0.1) is 0 Å². The molecule has 0 fully saturated rings. The molecule has 5 aromatic carbocycles. The molecule has 0 bridgehead atoms. The van der Waals surface area contributed by atoms with Crippen LogP contribution in [0.15, 0.2) is 132 Å². The average Bonchev–Trinajstić information content (AvgIpc) is 4.06. The Kier molecular flexibility index (Phi) is 16.0. The molecule has 0 radical (unpaired) electrons. The summed E-state index contributed by atoms with van der Waals surface area (Å²) in [6.07, 6.45) is 32.2. The van der Waals surface area contributed by atoms with Gasteiger partial charge in [0.15, 0.2) is 0 Å². The number of fused-ring (bicyclic) bond motifs is 6.